The van der Waals surface area contributed by atoms with Crippen molar-refractivity contribution in [2.75, 3.05) is 13.2 Å². The van der Waals surface area contributed by atoms with Crippen LogP contribution >= 0.6 is 12.2 Å². The van der Waals surface area contributed by atoms with Gasteiger partial charge in [0.2, 0.25) is 0 Å². The van der Waals surface area contributed by atoms with Crippen molar-refractivity contribution in [2.45, 2.75) is 59.9 Å². The van der Waals surface area contributed by atoms with Crippen molar-refractivity contribution >= 4 is 35.4 Å². The highest BCUT2D eigenvalue weighted by Crippen LogP contribution is 2.33. The maximum absolute atomic E-state index is 12.8. The van der Waals surface area contributed by atoms with Crippen molar-refractivity contribution in [1.29, 1.82) is 0 Å². The van der Waals surface area contributed by atoms with Gasteiger partial charge in [-0.2, -0.15) is 5.10 Å². The molecule has 43 heavy (non-hydrogen) atoms. The number of nitrogens with one attached hydrogen (secondary N) is 3. The Bertz CT molecular complexity index is 1580. The minimum atomic E-state index is -0.606. The molecule has 0 saturated carbocycles. The Hall–Kier alpha value is -4.44. The molecule has 2 heterocycles. The van der Waals surface area contributed by atoms with Gasteiger partial charge in [-0.3, -0.25) is 4.79 Å². The summed E-state index contributed by atoms with van der Waals surface area (Å²) in [5.74, 6) is -0.459. The number of hydrogen-bond donors (Lipinski definition) is 3. The molecule has 0 spiro atoms. The van der Waals surface area contributed by atoms with Crippen LogP contribution in [0.25, 0.3) is 5.69 Å². The van der Waals surface area contributed by atoms with Gasteiger partial charge in [0.15, 0.2) is 11.7 Å². The summed E-state index contributed by atoms with van der Waals surface area (Å²) in [4.78, 5) is 25.4. The number of thiocarbonyl (C=S) groups is 1. The van der Waals surface area contributed by atoms with E-state index in [0.717, 1.165) is 22.6 Å². The minimum Gasteiger partial charge on any atom is -0.483 e. The molecule has 1 atom stereocenters. The molecule has 2 aromatic carbocycles. The third-order valence-electron chi connectivity index (χ3n) is 7.21. The van der Waals surface area contributed by atoms with Gasteiger partial charge in [-0.25, -0.2) is 10.2 Å². The molecule has 0 saturated heterocycles. The maximum atomic E-state index is 12.8. The predicted octanol–water partition coefficient (Wildman–Crippen LogP) is 5.28. The molecule has 0 bridgehead atoms. The second kappa shape index (κ2) is 13.2. The summed E-state index contributed by atoms with van der Waals surface area (Å²) in [5.41, 5.74) is 9.57. The maximum Gasteiger partial charge on any atom is 0.338 e. The number of rotatable bonds is 9. The molecule has 9 nitrogen and oxygen atoms in total. The fraction of sp³-hybridized carbons (Fsp3) is 0.333. The van der Waals surface area contributed by atoms with Crippen LogP contribution in [0.4, 0.5) is 0 Å². The predicted molar refractivity (Wildman–Crippen MR) is 173 cm³/mol. The fourth-order valence-corrected chi connectivity index (χ4v) is 5.30. The van der Waals surface area contributed by atoms with Crippen LogP contribution in [0.15, 0.2) is 71.0 Å². The standard InChI is InChI=1S/C33H39N5O4S/c1-8-41-31(40)29-21(3)35-32(43)36-30(29)26-11-9-10-12-27(26)42-19-28(39)37-34-18-23-17-20(2)38(22(23)4)25-15-13-24(14-16-25)33(5,6)7/h9-18,30H,8,19H2,1-7H3,(H,37,39)(H2,35,36,43)/t30-/m1/s1. The Labute approximate surface area is 258 Å². The Balaban J connectivity index is 1.43. The van der Waals surface area contributed by atoms with E-state index in [4.69, 9.17) is 21.7 Å². The van der Waals surface area contributed by atoms with Crippen LogP contribution in [0, 0.1) is 13.8 Å². The summed E-state index contributed by atoms with van der Waals surface area (Å²) >= 11 is 5.34. The van der Waals surface area contributed by atoms with E-state index in [1.165, 1.54) is 5.56 Å². The highest BCUT2D eigenvalue weighted by molar-refractivity contribution is 7.80. The van der Waals surface area contributed by atoms with E-state index in [-0.39, 0.29) is 18.6 Å². The van der Waals surface area contributed by atoms with E-state index in [0.29, 0.717) is 27.7 Å². The van der Waals surface area contributed by atoms with Gasteiger partial charge < -0.3 is 24.7 Å². The van der Waals surface area contributed by atoms with Crippen LogP contribution in [0.1, 0.15) is 68.7 Å². The lowest BCUT2D eigenvalue weighted by atomic mass is 9.87. The van der Waals surface area contributed by atoms with Crippen LogP contribution in [-0.4, -0.2) is 41.0 Å². The molecule has 1 aliphatic heterocycles. The summed E-state index contributed by atoms with van der Waals surface area (Å²) < 4.78 is 13.3. The molecule has 1 amide bonds. The van der Waals surface area contributed by atoms with Crippen molar-refractivity contribution < 1.29 is 19.1 Å². The zero-order chi connectivity index (χ0) is 31.3. The smallest absolute Gasteiger partial charge is 0.338 e. The van der Waals surface area contributed by atoms with E-state index >= 15 is 0 Å². The Kier molecular flexibility index (Phi) is 9.70. The third-order valence-corrected chi connectivity index (χ3v) is 7.43. The molecule has 0 unspecified atom stereocenters. The number of para-hydroxylation sites is 1. The summed E-state index contributed by atoms with van der Waals surface area (Å²) in [6.07, 6.45) is 1.63. The topological polar surface area (TPSA) is 106 Å². The summed E-state index contributed by atoms with van der Waals surface area (Å²) in [6.45, 7) is 14.1. The SMILES string of the molecule is CCOC(=O)C1=C(C)NC(=S)N[C@@H]1c1ccccc1OCC(=O)NN=Cc1cc(C)n(-c2ccc(C(C)(C)C)cc2)c1C. The molecule has 0 aliphatic carbocycles. The second-order valence-corrected chi connectivity index (χ2v) is 11.8. The van der Waals surface area contributed by atoms with Crippen LogP contribution < -0.4 is 20.8 Å². The lowest BCUT2D eigenvalue weighted by Gasteiger charge is -2.30. The third kappa shape index (κ3) is 7.32. The number of carbonyl (C=O) groups is 2. The fourth-order valence-electron chi connectivity index (χ4n) is 5.03. The lowest BCUT2D eigenvalue weighted by molar-refractivity contribution is -0.139. The number of allylic oxidation sites excluding steroid dienone is 1. The number of benzene rings is 2. The Morgan fingerprint density at radius 1 is 1.09 bits per heavy atom. The van der Waals surface area contributed by atoms with Crippen molar-refractivity contribution in [1.82, 2.24) is 20.6 Å². The number of ether oxygens (including phenoxy) is 2. The minimum absolute atomic E-state index is 0.0838. The van der Waals surface area contributed by atoms with Gasteiger partial charge in [-0.1, -0.05) is 51.1 Å². The highest BCUT2D eigenvalue weighted by Gasteiger charge is 2.32. The number of aryl methyl sites for hydroxylation is 1. The summed E-state index contributed by atoms with van der Waals surface area (Å²) in [6, 6.07) is 17.2. The van der Waals surface area contributed by atoms with E-state index in [2.05, 4.69) is 70.8 Å². The first-order valence-corrected chi connectivity index (χ1v) is 14.6. The summed E-state index contributed by atoms with van der Waals surface area (Å²) in [5, 5.41) is 10.6. The van der Waals surface area contributed by atoms with Crippen LogP contribution in [0.2, 0.25) is 0 Å². The zero-order valence-electron chi connectivity index (χ0n) is 25.7. The lowest BCUT2D eigenvalue weighted by Crippen LogP contribution is -2.45. The van der Waals surface area contributed by atoms with Gasteiger partial charge in [0.1, 0.15) is 5.75 Å². The molecule has 3 aromatic rings. The number of esters is 1. The molecule has 4 rings (SSSR count). The molecule has 1 aliphatic rings. The van der Waals surface area contributed by atoms with Gasteiger partial charge in [0.25, 0.3) is 5.91 Å². The van der Waals surface area contributed by atoms with E-state index in [1.807, 2.05) is 32.0 Å². The monoisotopic (exact) mass is 601 g/mol. The molecular formula is C33H39N5O4S. The molecule has 3 N–H and O–H groups in total. The molecule has 0 radical (unpaired) electrons. The second-order valence-electron chi connectivity index (χ2n) is 11.4. The van der Waals surface area contributed by atoms with Crippen LogP contribution in [0.5, 0.6) is 5.75 Å². The molecule has 226 valence electrons. The zero-order valence-corrected chi connectivity index (χ0v) is 26.5. The number of hydrogen-bond acceptors (Lipinski definition) is 6. The van der Waals surface area contributed by atoms with E-state index < -0.39 is 17.9 Å². The number of hydrazone groups is 1. The number of aromatic nitrogens is 1. The van der Waals surface area contributed by atoms with E-state index in [9.17, 15) is 9.59 Å². The van der Waals surface area contributed by atoms with Gasteiger partial charge in [0.05, 0.1) is 24.4 Å². The first-order chi connectivity index (χ1) is 20.4. The van der Waals surface area contributed by atoms with Gasteiger partial charge in [0, 0.05) is 33.9 Å². The normalized spacial score (nSPS) is 15.2. The average Bonchev–Trinajstić information content (AvgIpc) is 3.23. The molecule has 1 aromatic heterocycles. The van der Waals surface area contributed by atoms with Crippen molar-refractivity contribution in [3.05, 3.63) is 93.9 Å². The number of nitrogens with zero attached hydrogens (tertiary/aromatic N) is 2. The first kappa shape index (κ1) is 31.5. The van der Waals surface area contributed by atoms with Crippen molar-refractivity contribution in [3.63, 3.8) is 0 Å². The molecule has 10 heteroatoms. The van der Waals surface area contributed by atoms with Gasteiger partial charge in [-0.05, 0) is 75.2 Å². The first-order valence-electron chi connectivity index (χ1n) is 14.2. The molecular weight excluding hydrogens is 562 g/mol. The quantitative estimate of drug-likeness (QED) is 0.133. The molecule has 0 fully saturated rings. The number of carbonyl (C=O) groups excluding carboxylic acids is 2. The van der Waals surface area contributed by atoms with E-state index in [1.54, 1.807) is 32.2 Å². The van der Waals surface area contributed by atoms with Crippen LogP contribution in [-0.2, 0) is 19.7 Å². The Morgan fingerprint density at radius 2 is 1.79 bits per heavy atom. The van der Waals surface area contributed by atoms with Crippen molar-refractivity contribution in [3.8, 4) is 11.4 Å². The van der Waals surface area contributed by atoms with Gasteiger partial charge in [-0.15, -0.1) is 0 Å². The van der Waals surface area contributed by atoms with Crippen LogP contribution in [0.3, 0.4) is 0 Å². The Morgan fingerprint density at radius 3 is 2.47 bits per heavy atom. The highest BCUT2D eigenvalue weighted by atomic mass is 32.1. The summed E-state index contributed by atoms with van der Waals surface area (Å²) in [7, 11) is 0. The average molecular weight is 602 g/mol. The van der Waals surface area contributed by atoms with Crippen molar-refractivity contribution in [2.24, 2.45) is 5.10 Å². The largest absolute Gasteiger partial charge is 0.483 e. The number of amides is 1. The van der Waals surface area contributed by atoms with Gasteiger partial charge >= 0.3 is 5.97 Å².